The molecule has 0 aliphatic carbocycles. The Morgan fingerprint density at radius 2 is 1.63 bits per heavy atom. The predicted molar refractivity (Wildman–Crippen MR) is 116 cm³/mol. The highest BCUT2D eigenvalue weighted by Gasteiger charge is 2.07. The summed E-state index contributed by atoms with van der Waals surface area (Å²) in [7, 11) is 4.11. The van der Waals surface area contributed by atoms with Gasteiger partial charge in [-0.25, -0.2) is 4.79 Å². The fourth-order valence-corrected chi connectivity index (χ4v) is 3.59. The zero-order chi connectivity index (χ0) is 19.1. The van der Waals surface area contributed by atoms with E-state index in [2.05, 4.69) is 70.7 Å². The van der Waals surface area contributed by atoms with Gasteiger partial charge in [0.2, 0.25) is 0 Å². The van der Waals surface area contributed by atoms with E-state index < -0.39 is 0 Å². The Morgan fingerprint density at radius 3 is 2.41 bits per heavy atom. The first-order valence-electron chi connectivity index (χ1n) is 8.84. The highest BCUT2D eigenvalue weighted by atomic mass is 32.2. The summed E-state index contributed by atoms with van der Waals surface area (Å²) < 4.78 is 3.32. The number of nitrogens with one attached hydrogen (secondary N) is 3. The van der Waals surface area contributed by atoms with Crippen LogP contribution in [0.25, 0.3) is 10.8 Å². The van der Waals surface area contributed by atoms with Gasteiger partial charge in [-0.1, -0.05) is 42.5 Å². The maximum Gasteiger partial charge on any atom is 0.319 e. The Bertz CT molecular complexity index is 899. The summed E-state index contributed by atoms with van der Waals surface area (Å²) in [5.74, 6) is 0. The van der Waals surface area contributed by atoms with Crippen molar-refractivity contribution in [3.8, 4) is 0 Å². The lowest BCUT2D eigenvalue weighted by molar-refractivity contribution is 0.252. The first kappa shape index (κ1) is 19.1. The van der Waals surface area contributed by atoms with Gasteiger partial charge in [0.05, 0.1) is 0 Å². The fourth-order valence-electron chi connectivity index (χ4n) is 2.80. The van der Waals surface area contributed by atoms with E-state index in [1.807, 2.05) is 30.3 Å². The third-order valence-corrected chi connectivity index (χ3v) is 4.99. The maximum atomic E-state index is 11.9. The Morgan fingerprint density at radius 1 is 0.889 bits per heavy atom. The molecule has 0 unspecified atom stereocenters. The third-order valence-electron chi connectivity index (χ3n) is 4.07. The number of amides is 2. The van der Waals surface area contributed by atoms with Crippen molar-refractivity contribution in [2.75, 3.05) is 37.4 Å². The van der Waals surface area contributed by atoms with Crippen molar-refractivity contribution in [1.82, 2.24) is 10.0 Å². The summed E-state index contributed by atoms with van der Waals surface area (Å²) in [5, 5.41) is 8.10. The van der Waals surface area contributed by atoms with Crippen molar-refractivity contribution in [2.24, 2.45) is 0 Å². The molecule has 3 N–H and O–H groups in total. The smallest absolute Gasteiger partial charge is 0.319 e. The molecule has 3 aromatic rings. The number of carbonyl (C=O) groups excluding carboxylic acids is 1. The van der Waals surface area contributed by atoms with E-state index in [4.69, 9.17) is 0 Å². The number of anilines is 2. The summed E-state index contributed by atoms with van der Waals surface area (Å²) in [6, 6.07) is 21.9. The number of para-hydroxylation sites is 1. The molecule has 0 radical (unpaired) electrons. The van der Waals surface area contributed by atoms with E-state index in [1.54, 1.807) is 11.9 Å². The minimum Gasteiger partial charge on any atom is -0.377 e. The molecule has 0 atom stereocenters. The number of urea groups is 1. The predicted octanol–water partition coefficient (Wildman–Crippen LogP) is 4.32. The topological polar surface area (TPSA) is 56.4 Å². The lowest BCUT2D eigenvalue weighted by Gasteiger charge is -2.16. The molecule has 5 nitrogen and oxygen atoms in total. The lowest BCUT2D eigenvalue weighted by atomic mass is 10.1. The quantitative estimate of drug-likeness (QED) is 0.422. The molecule has 0 aliphatic heterocycles. The van der Waals surface area contributed by atoms with E-state index in [-0.39, 0.29) is 6.03 Å². The van der Waals surface area contributed by atoms with Crippen LogP contribution < -0.4 is 20.3 Å². The van der Waals surface area contributed by atoms with E-state index in [9.17, 15) is 4.79 Å². The van der Waals surface area contributed by atoms with Crippen molar-refractivity contribution in [3.05, 3.63) is 66.7 Å². The second-order valence-electron chi connectivity index (χ2n) is 6.27. The molecule has 6 heteroatoms. The van der Waals surface area contributed by atoms with Crippen LogP contribution in [0.1, 0.15) is 0 Å². The molecule has 0 saturated carbocycles. The molecule has 0 bridgehead atoms. The van der Waals surface area contributed by atoms with Gasteiger partial charge in [-0.3, -0.25) is 4.72 Å². The van der Waals surface area contributed by atoms with Gasteiger partial charge in [0.15, 0.2) is 0 Å². The number of carbonyl (C=O) groups is 1. The summed E-state index contributed by atoms with van der Waals surface area (Å²) in [6.07, 6.45) is 0. The largest absolute Gasteiger partial charge is 0.377 e. The number of rotatable bonds is 7. The minimum atomic E-state index is -0.200. The van der Waals surface area contributed by atoms with Crippen LogP contribution in [0.4, 0.5) is 16.2 Å². The van der Waals surface area contributed by atoms with Gasteiger partial charge in [0.25, 0.3) is 0 Å². The molecule has 3 rings (SSSR count). The van der Waals surface area contributed by atoms with Gasteiger partial charge < -0.3 is 15.5 Å². The molecule has 3 aromatic carbocycles. The van der Waals surface area contributed by atoms with Gasteiger partial charge in [0, 0.05) is 48.8 Å². The highest BCUT2D eigenvalue weighted by Crippen LogP contribution is 2.31. The first-order valence-corrected chi connectivity index (χ1v) is 9.65. The summed E-state index contributed by atoms with van der Waals surface area (Å²) >= 11 is 1.59. The number of hydrogen-bond acceptors (Lipinski definition) is 4. The molecule has 140 valence electrons. The van der Waals surface area contributed by atoms with Gasteiger partial charge in [-0.15, -0.1) is 0 Å². The Kier molecular flexibility index (Phi) is 6.57. The van der Waals surface area contributed by atoms with Crippen LogP contribution >= 0.6 is 11.9 Å². The Balaban J connectivity index is 1.49. The second-order valence-corrected chi connectivity index (χ2v) is 7.20. The van der Waals surface area contributed by atoms with Crippen molar-refractivity contribution >= 4 is 40.1 Å². The number of benzene rings is 3. The van der Waals surface area contributed by atoms with Crippen molar-refractivity contribution in [3.63, 3.8) is 0 Å². The van der Waals surface area contributed by atoms with E-state index in [0.29, 0.717) is 13.1 Å². The zero-order valence-electron chi connectivity index (χ0n) is 15.5. The van der Waals surface area contributed by atoms with Crippen LogP contribution in [0.2, 0.25) is 0 Å². The van der Waals surface area contributed by atoms with Gasteiger partial charge in [-0.05, 0) is 41.6 Å². The fraction of sp³-hybridized carbons (Fsp3) is 0.190. The molecular weight excluding hydrogens is 356 g/mol. The van der Waals surface area contributed by atoms with Crippen molar-refractivity contribution in [1.29, 1.82) is 0 Å². The monoisotopic (exact) mass is 380 g/mol. The second kappa shape index (κ2) is 9.30. The van der Waals surface area contributed by atoms with Crippen LogP contribution in [0.15, 0.2) is 71.6 Å². The SMILES string of the molecule is CN(C)c1cccc2c(SNCCNC(=O)Nc3ccccc3)cccc12. The van der Waals surface area contributed by atoms with Crippen LogP contribution in [0.5, 0.6) is 0 Å². The van der Waals surface area contributed by atoms with Crippen LogP contribution in [-0.4, -0.2) is 33.2 Å². The third kappa shape index (κ3) is 5.15. The Labute approximate surface area is 164 Å². The molecule has 27 heavy (non-hydrogen) atoms. The van der Waals surface area contributed by atoms with Gasteiger partial charge >= 0.3 is 6.03 Å². The molecular formula is C21H24N4OS. The van der Waals surface area contributed by atoms with E-state index in [0.717, 1.165) is 5.69 Å². The van der Waals surface area contributed by atoms with Crippen LogP contribution in [-0.2, 0) is 0 Å². The molecule has 0 aliphatic rings. The van der Waals surface area contributed by atoms with E-state index in [1.165, 1.54) is 21.4 Å². The zero-order valence-corrected chi connectivity index (χ0v) is 16.3. The van der Waals surface area contributed by atoms with Crippen LogP contribution in [0, 0.1) is 0 Å². The number of nitrogens with zero attached hydrogens (tertiary/aromatic N) is 1. The van der Waals surface area contributed by atoms with Gasteiger partial charge in [0.1, 0.15) is 0 Å². The summed E-state index contributed by atoms with van der Waals surface area (Å²) in [4.78, 5) is 15.2. The Hall–Kier alpha value is -2.70. The molecule has 0 saturated heterocycles. The summed E-state index contributed by atoms with van der Waals surface area (Å²) in [5.41, 5.74) is 1.99. The van der Waals surface area contributed by atoms with Gasteiger partial charge in [-0.2, -0.15) is 0 Å². The maximum absolute atomic E-state index is 11.9. The number of hydrogen-bond donors (Lipinski definition) is 3. The lowest BCUT2D eigenvalue weighted by Crippen LogP contribution is -2.33. The highest BCUT2D eigenvalue weighted by molar-refractivity contribution is 7.97. The molecule has 0 spiro atoms. The van der Waals surface area contributed by atoms with Crippen LogP contribution in [0.3, 0.4) is 0 Å². The van der Waals surface area contributed by atoms with Crippen molar-refractivity contribution < 1.29 is 4.79 Å². The summed E-state index contributed by atoms with van der Waals surface area (Å²) in [6.45, 7) is 1.20. The average molecular weight is 381 g/mol. The van der Waals surface area contributed by atoms with Crippen molar-refractivity contribution in [2.45, 2.75) is 4.90 Å². The molecule has 0 heterocycles. The standard InChI is InChI=1S/C21H24N4OS/c1-25(2)19-12-6-11-18-17(19)10-7-13-20(18)27-23-15-14-22-21(26)24-16-8-4-3-5-9-16/h3-13,23H,14-15H2,1-2H3,(H2,22,24,26). The normalized spacial score (nSPS) is 10.6. The average Bonchev–Trinajstić information content (AvgIpc) is 2.68. The number of fused-ring (bicyclic) bond motifs is 1. The molecule has 0 aromatic heterocycles. The molecule has 2 amide bonds. The first-order chi connectivity index (χ1) is 13.1. The van der Waals surface area contributed by atoms with E-state index >= 15 is 0 Å². The minimum absolute atomic E-state index is 0.200. The molecule has 0 fully saturated rings.